The molecule has 0 heterocycles. The number of rotatable bonds is 1. The summed E-state index contributed by atoms with van der Waals surface area (Å²) in [6.07, 6.45) is -0.857. The molecule has 0 aromatic heterocycles. The van der Waals surface area contributed by atoms with E-state index in [1.54, 1.807) is 0 Å². The molecule has 10 heavy (non-hydrogen) atoms. The van der Waals surface area contributed by atoms with Crippen molar-refractivity contribution >= 4 is 0 Å². The van der Waals surface area contributed by atoms with Crippen LogP contribution in [0.15, 0.2) is 0 Å². The molecule has 0 aliphatic heterocycles. The van der Waals surface area contributed by atoms with Gasteiger partial charge in [-0.1, -0.05) is 5.92 Å². The van der Waals surface area contributed by atoms with Crippen LogP contribution in [0.25, 0.3) is 0 Å². The molecule has 1 unspecified atom stereocenters. The van der Waals surface area contributed by atoms with Gasteiger partial charge in [-0.15, -0.1) is 6.42 Å². The van der Waals surface area contributed by atoms with E-state index in [-0.39, 0.29) is 0 Å². The Morgan fingerprint density at radius 3 is 1.80 bits per heavy atom. The maximum absolute atomic E-state index is 11.5. The number of alkyl halides is 4. The summed E-state index contributed by atoms with van der Waals surface area (Å²) in [7, 11) is 0. The summed E-state index contributed by atoms with van der Waals surface area (Å²) >= 11 is 0. The Bertz CT molecular complexity index is 156. The lowest BCUT2D eigenvalue weighted by Gasteiger charge is -2.20. The molecule has 0 rings (SSSR count). The van der Waals surface area contributed by atoms with Crippen molar-refractivity contribution in [3.63, 3.8) is 0 Å². The third-order valence-corrected chi connectivity index (χ3v) is 0.901. The summed E-state index contributed by atoms with van der Waals surface area (Å²) in [5.41, 5.74) is -3.62. The number of aliphatic hydroxyl groups is 1. The Morgan fingerprint density at radius 1 is 1.40 bits per heavy atom. The predicted molar refractivity (Wildman–Crippen MR) is 25.8 cm³/mol. The maximum Gasteiger partial charge on any atom is 0.431 e. The monoisotopic (exact) mass is 156 g/mol. The van der Waals surface area contributed by atoms with E-state index in [1.807, 2.05) is 0 Å². The van der Waals surface area contributed by atoms with Gasteiger partial charge in [0.15, 0.2) is 0 Å². The first kappa shape index (κ1) is 9.24. The van der Waals surface area contributed by atoms with Gasteiger partial charge in [0.1, 0.15) is 6.67 Å². The lowest BCUT2D eigenvalue weighted by molar-refractivity contribution is -0.239. The van der Waals surface area contributed by atoms with Gasteiger partial charge in [0, 0.05) is 0 Å². The molecule has 0 spiro atoms. The number of terminal acetylenes is 1. The molecule has 0 saturated carbocycles. The maximum atomic E-state index is 11.5. The summed E-state index contributed by atoms with van der Waals surface area (Å²) in [5.74, 6) is 0.924. The highest BCUT2D eigenvalue weighted by Gasteiger charge is 2.53. The third-order valence-electron chi connectivity index (χ3n) is 0.901. The van der Waals surface area contributed by atoms with Crippen molar-refractivity contribution in [3.8, 4) is 12.3 Å². The first-order valence-corrected chi connectivity index (χ1v) is 2.20. The van der Waals surface area contributed by atoms with E-state index < -0.39 is 18.5 Å². The molecule has 0 bridgehead atoms. The zero-order valence-electron chi connectivity index (χ0n) is 4.74. The Kier molecular flexibility index (Phi) is 2.28. The molecule has 0 radical (unpaired) electrons. The van der Waals surface area contributed by atoms with Gasteiger partial charge < -0.3 is 5.11 Å². The molecular formula is C5H4F4O. The SMILES string of the molecule is C#CC(O)(CF)C(F)(F)F. The average Bonchev–Trinajstić information content (AvgIpc) is 1.84. The van der Waals surface area contributed by atoms with Gasteiger partial charge in [0.25, 0.3) is 0 Å². The van der Waals surface area contributed by atoms with E-state index in [0.717, 1.165) is 5.92 Å². The second-order valence-electron chi connectivity index (χ2n) is 1.64. The Labute approximate surface area is 54.7 Å². The van der Waals surface area contributed by atoms with E-state index in [2.05, 4.69) is 6.42 Å². The summed E-state index contributed by atoms with van der Waals surface area (Å²) in [6.45, 7) is -2.02. The lowest BCUT2D eigenvalue weighted by Crippen LogP contribution is -2.45. The van der Waals surface area contributed by atoms with Crippen molar-refractivity contribution in [2.45, 2.75) is 11.8 Å². The standard InChI is InChI=1S/C5H4F4O/c1-2-4(10,3-6)5(7,8)9/h1,10H,3H2. The van der Waals surface area contributed by atoms with Crippen molar-refractivity contribution in [1.29, 1.82) is 0 Å². The van der Waals surface area contributed by atoms with Crippen LogP contribution >= 0.6 is 0 Å². The lowest BCUT2D eigenvalue weighted by atomic mass is 10.1. The van der Waals surface area contributed by atoms with Gasteiger partial charge >= 0.3 is 6.18 Å². The largest absolute Gasteiger partial charge is 0.431 e. The minimum atomic E-state index is -5.10. The van der Waals surface area contributed by atoms with Crippen LogP contribution in [-0.2, 0) is 0 Å². The fourth-order valence-electron chi connectivity index (χ4n) is 0.196. The highest BCUT2D eigenvalue weighted by molar-refractivity contribution is 5.11. The van der Waals surface area contributed by atoms with E-state index in [0.29, 0.717) is 0 Å². The molecule has 0 saturated heterocycles. The van der Waals surface area contributed by atoms with Crippen LogP contribution in [0.4, 0.5) is 17.6 Å². The zero-order valence-corrected chi connectivity index (χ0v) is 4.74. The summed E-state index contributed by atoms with van der Waals surface area (Å²) in [5, 5.41) is 8.23. The van der Waals surface area contributed by atoms with Crippen molar-refractivity contribution in [3.05, 3.63) is 0 Å². The first-order chi connectivity index (χ1) is 4.37. The van der Waals surface area contributed by atoms with Crippen LogP contribution in [0.1, 0.15) is 0 Å². The average molecular weight is 156 g/mol. The third kappa shape index (κ3) is 1.39. The summed E-state index contributed by atoms with van der Waals surface area (Å²) in [6, 6.07) is 0. The van der Waals surface area contributed by atoms with Crippen LogP contribution < -0.4 is 0 Å². The number of halogens is 4. The smallest absolute Gasteiger partial charge is 0.368 e. The Morgan fingerprint density at radius 2 is 1.80 bits per heavy atom. The van der Waals surface area contributed by atoms with Gasteiger partial charge in [-0.2, -0.15) is 13.2 Å². The zero-order chi connectivity index (χ0) is 8.41. The van der Waals surface area contributed by atoms with E-state index >= 15 is 0 Å². The molecule has 0 aromatic carbocycles. The minimum Gasteiger partial charge on any atom is -0.368 e. The van der Waals surface area contributed by atoms with Crippen LogP contribution in [0.5, 0.6) is 0 Å². The quantitative estimate of drug-likeness (QED) is 0.441. The van der Waals surface area contributed by atoms with E-state index in [9.17, 15) is 17.6 Å². The van der Waals surface area contributed by atoms with Crippen molar-refractivity contribution in [1.82, 2.24) is 0 Å². The van der Waals surface area contributed by atoms with Crippen LogP contribution in [0.2, 0.25) is 0 Å². The van der Waals surface area contributed by atoms with E-state index in [4.69, 9.17) is 5.11 Å². The van der Waals surface area contributed by atoms with Crippen LogP contribution in [0.3, 0.4) is 0 Å². The van der Waals surface area contributed by atoms with E-state index in [1.165, 1.54) is 0 Å². The first-order valence-electron chi connectivity index (χ1n) is 2.20. The second-order valence-corrected chi connectivity index (χ2v) is 1.64. The van der Waals surface area contributed by atoms with Gasteiger partial charge in [-0.3, -0.25) is 0 Å². The van der Waals surface area contributed by atoms with Gasteiger partial charge in [-0.25, -0.2) is 4.39 Å². The molecule has 5 heteroatoms. The van der Waals surface area contributed by atoms with Crippen molar-refractivity contribution in [2.24, 2.45) is 0 Å². The van der Waals surface area contributed by atoms with Gasteiger partial charge in [0.05, 0.1) is 0 Å². The Balaban J connectivity index is 4.54. The van der Waals surface area contributed by atoms with Crippen molar-refractivity contribution in [2.75, 3.05) is 6.67 Å². The van der Waals surface area contributed by atoms with Crippen LogP contribution in [0, 0.1) is 12.3 Å². The molecule has 1 atom stereocenters. The fraction of sp³-hybridized carbons (Fsp3) is 0.600. The highest BCUT2D eigenvalue weighted by Crippen LogP contribution is 2.29. The molecule has 0 fully saturated rings. The topological polar surface area (TPSA) is 20.2 Å². The molecule has 1 N–H and O–H groups in total. The molecule has 0 amide bonds. The molecule has 58 valence electrons. The van der Waals surface area contributed by atoms with Gasteiger partial charge in [0.2, 0.25) is 5.60 Å². The molecule has 0 aliphatic carbocycles. The van der Waals surface area contributed by atoms with Crippen LogP contribution in [-0.4, -0.2) is 23.6 Å². The second kappa shape index (κ2) is 2.46. The molecule has 0 aliphatic rings. The normalized spacial score (nSPS) is 17.6. The number of hydrogen-bond donors (Lipinski definition) is 1. The predicted octanol–water partition coefficient (Wildman–Crippen LogP) is 0.883. The summed E-state index contributed by atoms with van der Waals surface area (Å²) in [4.78, 5) is 0. The fourth-order valence-corrected chi connectivity index (χ4v) is 0.196. The molecular weight excluding hydrogens is 152 g/mol. The van der Waals surface area contributed by atoms with Gasteiger partial charge in [-0.05, 0) is 0 Å². The minimum absolute atomic E-state index is 0.924. The number of hydrogen-bond acceptors (Lipinski definition) is 1. The Hall–Kier alpha value is -0.760. The molecule has 1 nitrogen and oxygen atoms in total. The highest BCUT2D eigenvalue weighted by atomic mass is 19.4. The van der Waals surface area contributed by atoms with Crippen molar-refractivity contribution < 1.29 is 22.7 Å². The molecule has 0 aromatic rings. The summed E-state index contributed by atoms with van der Waals surface area (Å²) < 4.78 is 45.8.